The van der Waals surface area contributed by atoms with Crippen LogP contribution in [0.15, 0.2) is 29.6 Å². The van der Waals surface area contributed by atoms with Crippen molar-refractivity contribution in [3.63, 3.8) is 0 Å². The van der Waals surface area contributed by atoms with Crippen molar-refractivity contribution >= 4 is 11.3 Å². The molecule has 0 aliphatic rings. The van der Waals surface area contributed by atoms with Crippen molar-refractivity contribution in [3.8, 4) is 0 Å². The monoisotopic (exact) mass is 250 g/mol. The fourth-order valence-corrected chi connectivity index (χ4v) is 2.96. The highest BCUT2D eigenvalue weighted by Crippen LogP contribution is 2.30. The second kappa shape index (κ2) is 4.98. The summed E-state index contributed by atoms with van der Waals surface area (Å²) in [6, 6.07) is 6.70. The van der Waals surface area contributed by atoms with Crippen LogP contribution in [0.1, 0.15) is 34.6 Å². The summed E-state index contributed by atoms with van der Waals surface area (Å²) < 4.78 is 13.3. The molecule has 2 aromatic rings. The van der Waals surface area contributed by atoms with Crippen LogP contribution in [0.5, 0.6) is 0 Å². The molecule has 2 rings (SSSR count). The van der Waals surface area contributed by atoms with E-state index in [-0.39, 0.29) is 5.82 Å². The van der Waals surface area contributed by atoms with E-state index in [1.165, 1.54) is 23.5 Å². The Morgan fingerprint density at radius 1 is 1.35 bits per heavy atom. The summed E-state index contributed by atoms with van der Waals surface area (Å²) in [7, 11) is 0. The number of hydrogen-bond acceptors (Lipinski definition) is 2. The number of rotatable bonds is 3. The molecule has 0 saturated heterocycles. The molecule has 1 atom stereocenters. The van der Waals surface area contributed by atoms with Crippen LogP contribution in [-0.2, 0) is 6.42 Å². The standard InChI is InChI=1S/C14H15FOS/c1-3-10-4-5-17-14(10)13(16)11-6-9(2)7-12(15)8-11/h4-8,13,16H,3H2,1-2H3. The third-order valence-electron chi connectivity index (χ3n) is 2.79. The first kappa shape index (κ1) is 12.3. The molecule has 1 nitrogen and oxygen atoms in total. The highest BCUT2D eigenvalue weighted by atomic mass is 32.1. The van der Waals surface area contributed by atoms with Crippen LogP contribution in [0.25, 0.3) is 0 Å². The molecule has 1 aromatic carbocycles. The van der Waals surface area contributed by atoms with E-state index in [2.05, 4.69) is 6.92 Å². The number of hydrogen-bond donors (Lipinski definition) is 1. The molecule has 0 fully saturated rings. The van der Waals surface area contributed by atoms with Gasteiger partial charge in [0.1, 0.15) is 11.9 Å². The first-order valence-electron chi connectivity index (χ1n) is 5.63. The maximum Gasteiger partial charge on any atom is 0.123 e. The van der Waals surface area contributed by atoms with Gasteiger partial charge in [-0.1, -0.05) is 13.0 Å². The first-order chi connectivity index (χ1) is 8.11. The number of halogens is 1. The molecular weight excluding hydrogens is 235 g/mol. The fraction of sp³-hybridized carbons (Fsp3) is 0.286. The maximum atomic E-state index is 13.3. The number of aryl methyl sites for hydroxylation is 2. The first-order valence-corrected chi connectivity index (χ1v) is 6.51. The molecule has 1 N–H and O–H groups in total. The average molecular weight is 250 g/mol. The van der Waals surface area contributed by atoms with Gasteiger partial charge in [-0.15, -0.1) is 11.3 Å². The van der Waals surface area contributed by atoms with E-state index in [1.54, 1.807) is 0 Å². The third-order valence-corrected chi connectivity index (χ3v) is 3.80. The zero-order chi connectivity index (χ0) is 12.4. The van der Waals surface area contributed by atoms with Crippen molar-refractivity contribution in [1.29, 1.82) is 0 Å². The molecule has 0 bridgehead atoms. The van der Waals surface area contributed by atoms with Crippen molar-refractivity contribution in [2.75, 3.05) is 0 Å². The van der Waals surface area contributed by atoms with Crippen molar-refractivity contribution in [3.05, 3.63) is 57.0 Å². The number of aliphatic hydroxyl groups is 1. The van der Waals surface area contributed by atoms with Gasteiger partial charge in [0, 0.05) is 4.88 Å². The molecule has 90 valence electrons. The lowest BCUT2D eigenvalue weighted by molar-refractivity contribution is 0.222. The second-order valence-corrected chi connectivity index (χ2v) is 5.08. The summed E-state index contributed by atoms with van der Waals surface area (Å²) in [4.78, 5) is 0.914. The molecule has 1 aromatic heterocycles. The summed E-state index contributed by atoms with van der Waals surface area (Å²) in [6.45, 7) is 3.88. The summed E-state index contributed by atoms with van der Waals surface area (Å²) in [5.74, 6) is -0.298. The minimum Gasteiger partial charge on any atom is -0.383 e. The van der Waals surface area contributed by atoms with Crippen LogP contribution in [0, 0.1) is 12.7 Å². The van der Waals surface area contributed by atoms with E-state index in [4.69, 9.17) is 0 Å². The van der Waals surface area contributed by atoms with Gasteiger partial charge < -0.3 is 5.11 Å². The van der Waals surface area contributed by atoms with Gasteiger partial charge in [-0.25, -0.2) is 4.39 Å². The van der Waals surface area contributed by atoms with Crippen molar-refractivity contribution in [2.24, 2.45) is 0 Å². The molecule has 0 amide bonds. The zero-order valence-corrected chi connectivity index (χ0v) is 10.7. The molecule has 1 unspecified atom stereocenters. The highest BCUT2D eigenvalue weighted by Gasteiger charge is 2.16. The van der Waals surface area contributed by atoms with E-state index in [0.29, 0.717) is 5.56 Å². The molecule has 0 saturated carbocycles. The molecule has 1 heterocycles. The Hall–Kier alpha value is -1.19. The Morgan fingerprint density at radius 2 is 2.12 bits per heavy atom. The predicted octanol–water partition coefficient (Wildman–Crippen LogP) is 3.84. The van der Waals surface area contributed by atoms with Gasteiger partial charge in [0.2, 0.25) is 0 Å². The van der Waals surface area contributed by atoms with E-state index < -0.39 is 6.10 Å². The Balaban J connectivity index is 2.39. The SMILES string of the molecule is CCc1ccsc1C(O)c1cc(C)cc(F)c1. The molecule has 0 spiro atoms. The van der Waals surface area contributed by atoms with Gasteiger partial charge in [0.05, 0.1) is 0 Å². The zero-order valence-electron chi connectivity index (χ0n) is 9.90. The molecule has 3 heteroatoms. The molecule has 0 aliphatic heterocycles. The van der Waals surface area contributed by atoms with Crippen molar-refractivity contribution in [2.45, 2.75) is 26.4 Å². The summed E-state index contributed by atoms with van der Waals surface area (Å²) in [5, 5.41) is 12.2. The average Bonchev–Trinajstić information content (AvgIpc) is 2.74. The topological polar surface area (TPSA) is 20.2 Å². The Kier molecular flexibility index (Phi) is 3.60. The van der Waals surface area contributed by atoms with Gasteiger partial charge in [0.25, 0.3) is 0 Å². The van der Waals surface area contributed by atoms with Crippen LogP contribution in [0.2, 0.25) is 0 Å². The van der Waals surface area contributed by atoms with E-state index in [0.717, 1.165) is 22.4 Å². The highest BCUT2D eigenvalue weighted by molar-refractivity contribution is 7.10. The molecule has 0 aliphatic carbocycles. The Bertz CT molecular complexity index is 498. The van der Waals surface area contributed by atoms with Gasteiger partial charge >= 0.3 is 0 Å². The summed E-state index contributed by atoms with van der Waals surface area (Å²) >= 11 is 1.52. The van der Waals surface area contributed by atoms with Crippen molar-refractivity contribution in [1.82, 2.24) is 0 Å². The van der Waals surface area contributed by atoms with Crippen LogP contribution >= 0.6 is 11.3 Å². The van der Waals surface area contributed by atoms with Gasteiger partial charge in [0.15, 0.2) is 0 Å². The largest absolute Gasteiger partial charge is 0.383 e. The van der Waals surface area contributed by atoms with Gasteiger partial charge in [-0.3, -0.25) is 0 Å². The molecule has 0 radical (unpaired) electrons. The van der Waals surface area contributed by atoms with Crippen molar-refractivity contribution < 1.29 is 9.50 Å². The molecule has 17 heavy (non-hydrogen) atoms. The van der Waals surface area contributed by atoms with E-state index in [1.807, 2.05) is 24.4 Å². The fourth-order valence-electron chi connectivity index (χ4n) is 1.95. The smallest absolute Gasteiger partial charge is 0.123 e. The normalized spacial score (nSPS) is 12.7. The summed E-state index contributed by atoms with van der Waals surface area (Å²) in [5.41, 5.74) is 2.58. The lowest BCUT2D eigenvalue weighted by atomic mass is 10.0. The third kappa shape index (κ3) is 2.56. The quantitative estimate of drug-likeness (QED) is 0.877. The summed E-state index contributed by atoms with van der Waals surface area (Å²) in [6.07, 6.45) is 0.156. The van der Waals surface area contributed by atoms with E-state index >= 15 is 0 Å². The second-order valence-electron chi connectivity index (χ2n) is 4.13. The molecular formula is C14H15FOS. The van der Waals surface area contributed by atoms with Gasteiger partial charge in [-0.2, -0.15) is 0 Å². The maximum absolute atomic E-state index is 13.3. The van der Waals surface area contributed by atoms with Crippen LogP contribution in [0.3, 0.4) is 0 Å². The van der Waals surface area contributed by atoms with Crippen LogP contribution in [0.4, 0.5) is 4.39 Å². The minimum absolute atomic E-state index is 0.298. The minimum atomic E-state index is -0.723. The van der Waals surface area contributed by atoms with E-state index in [9.17, 15) is 9.50 Å². The Morgan fingerprint density at radius 3 is 2.76 bits per heavy atom. The number of benzene rings is 1. The number of thiophene rings is 1. The Labute approximate surface area is 105 Å². The lowest BCUT2D eigenvalue weighted by Crippen LogP contribution is -2.01. The van der Waals surface area contributed by atoms with Crippen LogP contribution < -0.4 is 0 Å². The van der Waals surface area contributed by atoms with Crippen LogP contribution in [-0.4, -0.2) is 5.11 Å². The lowest BCUT2D eigenvalue weighted by Gasteiger charge is -2.12. The van der Waals surface area contributed by atoms with Gasteiger partial charge in [-0.05, 0) is 53.6 Å². The predicted molar refractivity (Wildman–Crippen MR) is 68.9 cm³/mol. The number of aliphatic hydroxyl groups excluding tert-OH is 1.